The molecule has 0 spiro atoms. The second-order valence-corrected chi connectivity index (χ2v) is 5.01. The number of nitrogens with zero attached hydrogens (tertiary/aromatic N) is 3. The van der Waals surface area contributed by atoms with Gasteiger partial charge in [-0.05, 0) is 40.5 Å². The number of aromatic nitrogens is 3. The van der Waals surface area contributed by atoms with Crippen LogP contribution >= 0.6 is 15.9 Å². The van der Waals surface area contributed by atoms with E-state index in [0.29, 0.717) is 11.0 Å². The first-order valence-corrected chi connectivity index (χ1v) is 6.38. The van der Waals surface area contributed by atoms with Crippen LogP contribution in [-0.2, 0) is 13.6 Å². The van der Waals surface area contributed by atoms with Gasteiger partial charge in [0.15, 0.2) is 0 Å². The van der Waals surface area contributed by atoms with E-state index in [4.69, 9.17) is 0 Å². The van der Waals surface area contributed by atoms with Crippen molar-refractivity contribution in [1.29, 1.82) is 0 Å². The van der Waals surface area contributed by atoms with Crippen molar-refractivity contribution in [3.63, 3.8) is 0 Å². The predicted octanol–water partition coefficient (Wildman–Crippen LogP) is 2.57. The van der Waals surface area contributed by atoms with Crippen LogP contribution in [0.15, 0.2) is 29.0 Å². The molecule has 1 unspecified atom stereocenters. The molecule has 4 nitrogen and oxygen atoms in total. The maximum Gasteiger partial charge on any atom is 0.149 e. The summed E-state index contributed by atoms with van der Waals surface area (Å²) >= 11 is 3.13. The smallest absolute Gasteiger partial charge is 0.149 e. The minimum absolute atomic E-state index is 0.0595. The highest BCUT2D eigenvalue weighted by Gasteiger charge is 2.10. The monoisotopic (exact) mass is 312 g/mol. The van der Waals surface area contributed by atoms with Crippen LogP contribution in [0.2, 0.25) is 0 Å². The van der Waals surface area contributed by atoms with Crippen molar-refractivity contribution in [2.45, 2.75) is 19.5 Å². The van der Waals surface area contributed by atoms with Crippen LogP contribution in [-0.4, -0.2) is 14.8 Å². The van der Waals surface area contributed by atoms with E-state index in [9.17, 15) is 4.39 Å². The number of rotatable bonds is 4. The normalized spacial score (nSPS) is 12.7. The molecule has 0 bridgehead atoms. The zero-order valence-corrected chi connectivity index (χ0v) is 11.8. The molecular weight excluding hydrogens is 299 g/mol. The molecule has 2 rings (SSSR count). The third-order valence-corrected chi connectivity index (χ3v) is 3.37. The summed E-state index contributed by atoms with van der Waals surface area (Å²) in [5, 5.41) is 11.1. The number of benzene rings is 1. The average molecular weight is 313 g/mol. The van der Waals surface area contributed by atoms with Gasteiger partial charge in [-0.25, -0.2) is 4.39 Å². The molecule has 1 atom stereocenters. The number of hydrogen-bond acceptors (Lipinski definition) is 3. The molecule has 0 fully saturated rings. The summed E-state index contributed by atoms with van der Waals surface area (Å²) in [6, 6.07) is 5.16. The predicted molar refractivity (Wildman–Crippen MR) is 70.4 cm³/mol. The van der Waals surface area contributed by atoms with Crippen molar-refractivity contribution in [3.8, 4) is 0 Å². The molecule has 0 amide bonds. The summed E-state index contributed by atoms with van der Waals surface area (Å²) in [5.74, 6) is 0.605. The highest BCUT2D eigenvalue weighted by atomic mass is 79.9. The lowest BCUT2D eigenvalue weighted by atomic mass is 10.2. The Morgan fingerprint density at radius 2 is 2.28 bits per heavy atom. The highest BCUT2D eigenvalue weighted by molar-refractivity contribution is 9.10. The van der Waals surface area contributed by atoms with E-state index in [1.807, 2.05) is 24.6 Å². The Hall–Kier alpha value is -1.27. The third kappa shape index (κ3) is 2.94. The second kappa shape index (κ2) is 5.58. The van der Waals surface area contributed by atoms with E-state index in [-0.39, 0.29) is 11.9 Å². The molecule has 2 aromatic rings. The first-order chi connectivity index (χ1) is 8.58. The number of nitrogens with one attached hydrogen (secondary N) is 1. The Bertz CT molecular complexity index is 541. The van der Waals surface area contributed by atoms with Gasteiger partial charge in [0.05, 0.1) is 10.5 Å². The van der Waals surface area contributed by atoms with Crippen molar-refractivity contribution in [2.75, 3.05) is 0 Å². The lowest BCUT2D eigenvalue weighted by molar-refractivity contribution is 0.526. The van der Waals surface area contributed by atoms with Crippen LogP contribution < -0.4 is 5.32 Å². The van der Waals surface area contributed by atoms with Gasteiger partial charge in [0.2, 0.25) is 0 Å². The van der Waals surface area contributed by atoms with Gasteiger partial charge in [0.1, 0.15) is 18.0 Å². The molecule has 0 radical (unpaired) electrons. The van der Waals surface area contributed by atoms with E-state index in [0.717, 1.165) is 11.4 Å². The Balaban J connectivity index is 1.99. The molecule has 96 valence electrons. The van der Waals surface area contributed by atoms with Gasteiger partial charge in [0, 0.05) is 13.6 Å². The Morgan fingerprint density at radius 3 is 2.89 bits per heavy atom. The second-order valence-electron chi connectivity index (χ2n) is 4.15. The molecular formula is C12H14BrFN4. The van der Waals surface area contributed by atoms with Crippen LogP contribution in [0.4, 0.5) is 4.39 Å². The summed E-state index contributed by atoms with van der Waals surface area (Å²) in [6.45, 7) is 2.58. The van der Waals surface area contributed by atoms with Crippen LogP contribution in [0.1, 0.15) is 24.4 Å². The fourth-order valence-electron chi connectivity index (χ4n) is 1.70. The fraction of sp³-hybridized carbons (Fsp3) is 0.333. The fourth-order valence-corrected chi connectivity index (χ4v) is 1.94. The summed E-state index contributed by atoms with van der Waals surface area (Å²) in [7, 11) is 1.90. The standard InChI is InChI=1S/C12H14BrFN4/c1-8(12-17-16-7-18(12)2)15-6-9-3-4-10(13)11(14)5-9/h3-5,7-8,15H,6H2,1-2H3. The van der Waals surface area contributed by atoms with Gasteiger partial charge in [-0.15, -0.1) is 10.2 Å². The van der Waals surface area contributed by atoms with Gasteiger partial charge in [-0.1, -0.05) is 6.07 Å². The van der Waals surface area contributed by atoms with Crippen LogP contribution in [0.5, 0.6) is 0 Å². The molecule has 1 heterocycles. The molecule has 0 aliphatic heterocycles. The molecule has 0 aliphatic rings. The van der Waals surface area contributed by atoms with Gasteiger partial charge >= 0.3 is 0 Å². The first-order valence-electron chi connectivity index (χ1n) is 5.59. The van der Waals surface area contributed by atoms with Crippen molar-refractivity contribution in [2.24, 2.45) is 7.05 Å². The summed E-state index contributed by atoms with van der Waals surface area (Å²) in [5.41, 5.74) is 0.893. The van der Waals surface area contributed by atoms with Crippen molar-refractivity contribution in [1.82, 2.24) is 20.1 Å². The largest absolute Gasteiger partial charge is 0.319 e. The summed E-state index contributed by atoms with van der Waals surface area (Å²) in [6.07, 6.45) is 1.66. The minimum atomic E-state index is -0.249. The van der Waals surface area contributed by atoms with Gasteiger partial charge < -0.3 is 9.88 Å². The molecule has 0 saturated heterocycles. The average Bonchev–Trinajstić information content (AvgIpc) is 2.77. The molecule has 6 heteroatoms. The minimum Gasteiger partial charge on any atom is -0.319 e. The van der Waals surface area contributed by atoms with E-state index in [2.05, 4.69) is 31.4 Å². The van der Waals surface area contributed by atoms with Gasteiger partial charge in [0.25, 0.3) is 0 Å². The van der Waals surface area contributed by atoms with E-state index in [1.54, 1.807) is 12.4 Å². The Kier molecular flexibility index (Phi) is 4.08. The first kappa shape index (κ1) is 13.2. The van der Waals surface area contributed by atoms with Crippen molar-refractivity contribution in [3.05, 3.63) is 46.2 Å². The number of halogens is 2. The van der Waals surface area contributed by atoms with E-state index in [1.165, 1.54) is 6.07 Å². The number of hydrogen-bond donors (Lipinski definition) is 1. The van der Waals surface area contributed by atoms with Gasteiger partial charge in [-0.2, -0.15) is 0 Å². The molecule has 1 aromatic carbocycles. The maximum atomic E-state index is 13.3. The number of aryl methyl sites for hydroxylation is 1. The summed E-state index contributed by atoms with van der Waals surface area (Å²) in [4.78, 5) is 0. The molecule has 18 heavy (non-hydrogen) atoms. The third-order valence-electron chi connectivity index (χ3n) is 2.73. The van der Waals surface area contributed by atoms with Crippen LogP contribution in [0, 0.1) is 5.82 Å². The van der Waals surface area contributed by atoms with Crippen molar-refractivity contribution >= 4 is 15.9 Å². The Morgan fingerprint density at radius 1 is 1.50 bits per heavy atom. The lowest BCUT2D eigenvalue weighted by Crippen LogP contribution is -2.21. The quantitative estimate of drug-likeness (QED) is 0.943. The van der Waals surface area contributed by atoms with Crippen LogP contribution in [0.25, 0.3) is 0 Å². The highest BCUT2D eigenvalue weighted by Crippen LogP contribution is 2.17. The zero-order chi connectivity index (χ0) is 13.1. The lowest BCUT2D eigenvalue weighted by Gasteiger charge is -2.13. The topological polar surface area (TPSA) is 42.7 Å². The maximum absolute atomic E-state index is 13.3. The Labute approximate surface area is 113 Å². The van der Waals surface area contributed by atoms with Crippen LogP contribution in [0.3, 0.4) is 0 Å². The van der Waals surface area contributed by atoms with Gasteiger partial charge in [-0.3, -0.25) is 0 Å². The molecule has 0 aliphatic carbocycles. The molecule has 1 N–H and O–H groups in total. The molecule has 1 aromatic heterocycles. The van der Waals surface area contributed by atoms with E-state index >= 15 is 0 Å². The SMILES string of the molecule is CC(NCc1ccc(Br)c(F)c1)c1nncn1C. The summed E-state index contributed by atoms with van der Waals surface area (Å²) < 4.78 is 15.7. The van der Waals surface area contributed by atoms with Crippen molar-refractivity contribution < 1.29 is 4.39 Å². The molecule has 0 saturated carbocycles. The zero-order valence-electron chi connectivity index (χ0n) is 10.2. The van der Waals surface area contributed by atoms with E-state index < -0.39 is 0 Å².